The molecule has 0 amide bonds. The first kappa shape index (κ1) is 15.1. The van der Waals surface area contributed by atoms with Crippen molar-refractivity contribution in [1.82, 2.24) is 4.72 Å². The molecule has 0 aromatic heterocycles. The maximum absolute atomic E-state index is 13.4. The third kappa shape index (κ3) is 4.36. The molecule has 0 unspecified atom stereocenters. The van der Waals surface area contributed by atoms with Crippen molar-refractivity contribution in [2.24, 2.45) is 5.92 Å². The van der Waals surface area contributed by atoms with Gasteiger partial charge in [0.1, 0.15) is 10.7 Å². The first-order valence-electron chi connectivity index (χ1n) is 5.82. The standard InChI is InChI=1S/C12H18FNO3S/c1-10(5-4-8-15)9-14-18(16,17)12-7-3-2-6-11(12)13/h2-3,6-7,10,14-15H,4-5,8-9H2,1H3/t10-/m0/s1. The molecular weight excluding hydrogens is 257 g/mol. The average Bonchev–Trinajstić information content (AvgIpc) is 2.34. The van der Waals surface area contributed by atoms with E-state index in [9.17, 15) is 12.8 Å². The highest BCUT2D eigenvalue weighted by atomic mass is 32.2. The second-order valence-corrected chi connectivity index (χ2v) is 5.99. The zero-order valence-corrected chi connectivity index (χ0v) is 11.1. The number of nitrogens with one attached hydrogen (secondary N) is 1. The lowest BCUT2D eigenvalue weighted by molar-refractivity contribution is 0.274. The number of aliphatic hydroxyl groups excluding tert-OH is 1. The van der Waals surface area contributed by atoms with E-state index in [4.69, 9.17) is 5.11 Å². The van der Waals surface area contributed by atoms with E-state index in [2.05, 4.69) is 4.72 Å². The summed E-state index contributed by atoms with van der Waals surface area (Å²) in [4.78, 5) is -0.334. The minimum absolute atomic E-state index is 0.0877. The van der Waals surface area contributed by atoms with Crippen LogP contribution in [0.2, 0.25) is 0 Å². The molecule has 2 N–H and O–H groups in total. The van der Waals surface area contributed by atoms with E-state index in [0.29, 0.717) is 6.42 Å². The first-order valence-corrected chi connectivity index (χ1v) is 7.30. The topological polar surface area (TPSA) is 66.4 Å². The Labute approximate surface area is 107 Å². The van der Waals surface area contributed by atoms with Gasteiger partial charge < -0.3 is 5.11 Å². The monoisotopic (exact) mass is 275 g/mol. The summed E-state index contributed by atoms with van der Waals surface area (Å²) in [6, 6.07) is 5.27. The SMILES string of the molecule is C[C@@H](CCCO)CNS(=O)(=O)c1ccccc1F. The lowest BCUT2D eigenvalue weighted by Crippen LogP contribution is -2.29. The smallest absolute Gasteiger partial charge is 0.243 e. The van der Waals surface area contributed by atoms with Crippen molar-refractivity contribution in [3.63, 3.8) is 0 Å². The largest absolute Gasteiger partial charge is 0.396 e. The van der Waals surface area contributed by atoms with Crippen LogP contribution in [0.3, 0.4) is 0 Å². The zero-order valence-electron chi connectivity index (χ0n) is 10.3. The Balaban J connectivity index is 2.63. The Kier molecular flexibility index (Phi) is 5.71. The number of benzene rings is 1. The predicted octanol–water partition coefficient (Wildman–Crippen LogP) is 1.51. The number of hydrogen-bond acceptors (Lipinski definition) is 3. The average molecular weight is 275 g/mol. The molecule has 0 heterocycles. The van der Waals surface area contributed by atoms with Crippen molar-refractivity contribution in [3.8, 4) is 0 Å². The molecule has 0 saturated heterocycles. The maximum Gasteiger partial charge on any atom is 0.243 e. The van der Waals surface area contributed by atoms with Crippen molar-refractivity contribution in [2.75, 3.05) is 13.2 Å². The molecule has 0 radical (unpaired) electrons. The lowest BCUT2D eigenvalue weighted by Gasteiger charge is -2.12. The summed E-state index contributed by atoms with van der Waals surface area (Å²) in [6.07, 6.45) is 1.35. The number of hydrogen-bond donors (Lipinski definition) is 2. The van der Waals surface area contributed by atoms with Gasteiger partial charge in [-0.2, -0.15) is 0 Å². The molecule has 1 atom stereocenters. The van der Waals surface area contributed by atoms with E-state index in [1.54, 1.807) is 0 Å². The number of halogens is 1. The van der Waals surface area contributed by atoms with Crippen molar-refractivity contribution in [3.05, 3.63) is 30.1 Å². The summed E-state index contributed by atoms with van der Waals surface area (Å²) in [5.41, 5.74) is 0. The molecule has 1 aromatic rings. The molecule has 18 heavy (non-hydrogen) atoms. The van der Waals surface area contributed by atoms with Gasteiger partial charge in [-0.1, -0.05) is 19.1 Å². The van der Waals surface area contributed by atoms with E-state index in [1.807, 2.05) is 6.92 Å². The van der Waals surface area contributed by atoms with Gasteiger partial charge in [-0.25, -0.2) is 17.5 Å². The van der Waals surface area contributed by atoms with E-state index in [-0.39, 0.29) is 24.0 Å². The van der Waals surface area contributed by atoms with Crippen LogP contribution in [0.1, 0.15) is 19.8 Å². The molecule has 0 aliphatic rings. The van der Waals surface area contributed by atoms with Gasteiger partial charge in [0.15, 0.2) is 0 Å². The van der Waals surface area contributed by atoms with Gasteiger partial charge in [0.05, 0.1) is 0 Å². The Morgan fingerprint density at radius 1 is 1.39 bits per heavy atom. The maximum atomic E-state index is 13.4. The third-order valence-electron chi connectivity index (χ3n) is 2.60. The van der Waals surface area contributed by atoms with Crippen molar-refractivity contribution in [2.45, 2.75) is 24.7 Å². The highest BCUT2D eigenvalue weighted by Gasteiger charge is 2.18. The Morgan fingerprint density at radius 2 is 2.06 bits per heavy atom. The molecule has 0 fully saturated rings. The van der Waals surface area contributed by atoms with Crippen LogP contribution in [0.4, 0.5) is 4.39 Å². The fraction of sp³-hybridized carbons (Fsp3) is 0.500. The summed E-state index contributed by atoms with van der Waals surface area (Å²) in [7, 11) is -3.80. The second-order valence-electron chi connectivity index (χ2n) is 4.25. The molecule has 0 aliphatic carbocycles. The fourth-order valence-electron chi connectivity index (χ4n) is 1.53. The van der Waals surface area contributed by atoms with Gasteiger partial charge >= 0.3 is 0 Å². The Morgan fingerprint density at radius 3 is 2.67 bits per heavy atom. The van der Waals surface area contributed by atoms with Gasteiger partial charge in [0.25, 0.3) is 0 Å². The highest BCUT2D eigenvalue weighted by molar-refractivity contribution is 7.89. The normalized spacial score (nSPS) is 13.5. The summed E-state index contributed by atoms with van der Waals surface area (Å²) in [6.45, 7) is 2.20. The van der Waals surface area contributed by atoms with Crippen LogP contribution in [0, 0.1) is 11.7 Å². The van der Waals surface area contributed by atoms with Crippen molar-refractivity contribution < 1.29 is 17.9 Å². The zero-order chi connectivity index (χ0) is 13.6. The van der Waals surface area contributed by atoms with Crippen LogP contribution in [-0.4, -0.2) is 26.7 Å². The quantitative estimate of drug-likeness (QED) is 0.792. The van der Waals surface area contributed by atoms with Crippen molar-refractivity contribution >= 4 is 10.0 Å². The van der Waals surface area contributed by atoms with Gasteiger partial charge in [-0.3, -0.25) is 0 Å². The third-order valence-corrected chi connectivity index (χ3v) is 4.06. The lowest BCUT2D eigenvalue weighted by atomic mass is 10.1. The summed E-state index contributed by atoms with van der Waals surface area (Å²) in [5, 5.41) is 8.67. The molecule has 4 nitrogen and oxygen atoms in total. The Bertz CT molecular complexity index is 476. The fourth-order valence-corrected chi connectivity index (χ4v) is 2.78. The van der Waals surface area contributed by atoms with Crippen LogP contribution < -0.4 is 4.72 Å². The Hall–Kier alpha value is -0.980. The van der Waals surface area contributed by atoms with E-state index < -0.39 is 15.8 Å². The first-order chi connectivity index (χ1) is 8.47. The predicted molar refractivity (Wildman–Crippen MR) is 67.1 cm³/mol. The summed E-state index contributed by atoms with van der Waals surface area (Å²) >= 11 is 0. The van der Waals surface area contributed by atoms with Crippen LogP contribution in [0.15, 0.2) is 29.2 Å². The molecular formula is C12H18FNO3S. The highest BCUT2D eigenvalue weighted by Crippen LogP contribution is 2.13. The molecule has 6 heteroatoms. The second kappa shape index (κ2) is 6.82. The van der Waals surface area contributed by atoms with Crippen LogP contribution in [0.5, 0.6) is 0 Å². The van der Waals surface area contributed by atoms with Gasteiger partial charge in [-0.15, -0.1) is 0 Å². The molecule has 0 spiro atoms. The molecule has 0 saturated carbocycles. The van der Waals surface area contributed by atoms with Gasteiger partial charge in [-0.05, 0) is 30.9 Å². The minimum Gasteiger partial charge on any atom is -0.396 e. The molecule has 0 bridgehead atoms. The number of rotatable bonds is 7. The van der Waals surface area contributed by atoms with Crippen LogP contribution in [0.25, 0.3) is 0 Å². The molecule has 1 aromatic carbocycles. The summed E-state index contributed by atoms with van der Waals surface area (Å²) < 4.78 is 39.4. The molecule has 0 aliphatic heterocycles. The van der Waals surface area contributed by atoms with Gasteiger partial charge in [0, 0.05) is 13.2 Å². The van der Waals surface area contributed by atoms with Crippen LogP contribution in [-0.2, 0) is 10.0 Å². The minimum atomic E-state index is -3.80. The van der Waals surface area contributed by atoms with E-state index in [0.717, 1.165) is 12.5 Å². The number of aliphatic hydroxyl groups is 1. The van der Waals surface area contributed by atoms with E-state index >= 15 is 0 Å². The van der Waals surface area contributed by atoms with Crippen molar-refractivity contribution in [1.29, 1.82) is 0 Å². The molecule has 102 valence electrons. The summed E-state index contributed by atoms with van der Waals surface area (Å²) in [5.74, 6) is -0.660. The number of sulfonamides is 1. The molecule has 1 rings (SSSR count). The van der Waals surface area contributed by atoms with Gasteiger partial charge in [0.2, 0.25) is 10.0 Å². The van der Waals surface area contributed by atoms with E-state index in [1.165, 1.54) is 18.2 Å². The van der Waals surface area contributed by atoms with Crippen LogP contribution >= 0.6 is 0 Å².